The lowest BCUT2D eigenvalue weighted by atomic mass is 9.64. The molecule has 1 aliphatic carbocycles. The fourth-order valence-electron chi connectivity index (χ4n) is 4.38. The van der Waals surface area contributed by atoms with Crippen molar-refractivity contribution >= 4 is 11.6 Å². The first-order valence-electron chi connectivity index (χ1n) is 10.1. The topological polar surface area (TPSA) is 34.1 Å². The zero-order valence-corrected chi connectivity index (χ0v) is 18.7. The van der Waals surface area contributed by atoms with Gasteiger partial charge < -0.3 is 0 Å². The van der Waals surface area contributed by atoms with Crippen molar-refractivity contribution in [2.24, 2.45) is 0 Å². The van der Waals surface area contributed by atoms with Crippen LogP contribution in [0.15, 0.2) is 30.3 Å². The van der Waals surface area contributed by atoms with Crippen LogP contribution in [-0.2, 0) is 16.2 Å². The molecule has 0 aromatic heterocycles. The molecule has 3 rings (SSSR count). The van der Waals surface area contributed by atoms with Crippen LogP contribution in [0, 0.1) is 0 Å². The molecule has 0 saturated carbocycles. The Labute approximate surface area is 169 Å². The number of hydrogen-bond acceptors (Lipinski definition) is 2. The summed E-state index contributed by atoms with van der Waals surface area (Å²) < 4.78 is 0. The Morgan fingerprint density at radius 1 is 0.571 bits per heavy atom. The van der Waals surface area contributed by atoms with E-state index in [1.165, 1.54) is 5.56 Å². The van der Waals surface area contributed by atoms with Gasteiger partial charge in [-0.25, -0.2) is 0 Å². The highest BCUT2D eigenvalue weighted by Gasteiger charge is 2.40. The summed E-state index contributed by atoms with van der Waals surface area (Å²) in [4.78, 5) is 27.0. The smallest absolute Gasteiger partial charge is 0.194 e. The molecule has 0 fully saturated rings. The number of hydrogen-bond donors (Lipinski definition) is 0. The van der Waals surface area contributed by atoms with Crippen LogP contribution in [0.4, 0.5) is 0 Å². The summed E-state index contributed by atoms with van der Waals surface area (Å²) >= 11 is 0. The molecule has 0 heterocycles. The first kappa shape index (κ1) is 20.5. The van der Waals surface area contributed by atoms with E-state index in [1.807, 2.05) is 18.2 Å². The van der Waals surface area contributed by atoms with E-state index in [0.29, 0.717) is 22.3 Å². The van der Waals surface area contributed by atoms with Crippen molar-refractivity contribution < 1.29 is 9.59 Å². The van der Waals surface area contributed by atoms with Gasteiger partial charge >= 0.3 is 0 Å². The van der Waals surface area contributed by atoms with Gasteiger partial charge in [-0.2, -0.15) is 0 Å². The molecule has 2 heteroatoms. The minimum atomic E-state index is -0.268. The fourth-order valence-corrected chi connectivity index (χ4v) is 4.38. The predicted molar refractivity (Wildman–Crippen MR) is 116 cm³/mol. The monoisotopic (exact) mass is 376 g/mol. The zero-order chi connectivity index (χ0) is 21.2. The lowest BCUT2D eigenvalue weighted by Gasteiger charge is -2.39. The highest BCUT2D eigenvalue weighted by Crippen LogP contribution is 2.46. The maximum Gasteiger partial charge on any atom is 0.194 e. The molecule has 2 aromatic carbocycles. The van der Waals surface area contributed by atoms with Gasteiger partial charge in [0.25, 0.3) is 0 Å². The molecule has 2 nitrogen and oxygen atoms in total. The molecule has 0 unspecified atom stereocenters. The summed E-state index contributed by atoms with van der Waals surface area (Å²) in [6, 6.07) is 9.21. The third-order valence-corrected chi connectivity index (χ3v) is 5.52. The molecule has 0 amide bonds. The minimum Gasteiger partial charge on any atom is -0.289 e. The van der Waals surface area contributed by atoms with Crippen molar-refractivity contribution in [3.05, 3.63) is 69.3 Å². The molecule has 1 aliphatic rings. The Balaban J connectivity index is 2.56. The number of rotatable bonds is 0. The predicted octanol–water partition coefficient (Wildman–Crippen LogP) is 6.35. The average molecular weight is 377 g/mol. The van der Waals surface area contributed by atoms with Crippen molar-refractivity contribution in [2.45, 2.75) is 78.6 Å². The number of carbonyl (C=O) groups excluding carboxylic acids is 2. The molecule has 28 heavy (non-hydrogen) atoms. The van der Waals surface area contributed by atoms with E-state index in [9.17, 15) is 9.59 Å². The summed E-state index contributed by atoms with van der Waals surface area (Å²) in [6.45, 7) is 19.6. The van der Waals surface area contributed by atoms with Gasteiger partial charge in [-0.3, -0.25) is 9.59 Å². The molecular formula is C26H32O2. The normalized spacial score (nSPS) is 14.8. The van der Waals surface area contributed by atoms with Gasteiger partial charge in [0.05, 0.1) is 0 Å². The molecular weight excluding hydrogens is 344 g/mol. The summed E-state index contributed by atoms with van der Waals surface area (Å²) in [5.41, 5.74) is 5.03. The van der Waals surface area contributed by atoms with E-state index in [0.717, 1.165) is 11.1 Å². The highest BCUT2D eigenvalue weighted by molar-refractivity contribution is 6.29. The fraction of sp³-hybridized carbons (Fsp3) is 0.462. The van der Waals surface area contributed by atoms with Gasteiger partial charge in [-0.1, -0.05) is 86.6 Å². The second kappa shape index (κ2) is 6.14. The molecule has 148 valence electrons. The second-order valence-electron chi connectivity index (χ2n) is 11.1. The summed E-state index contributed by atoms with van der Waals surface area (Å²) in [5, 5.41) is 0. The first-order chi connectivity index (χ1) is 12.7. The maximum atomic E-state index is 13.6. The summed E-state index contributed by atoms with van der Waals surface area (Å²) in [5.74, 6) is -0.0669. The Bertz CT molecular complexity index is 987. The van der Waals surface area contributed by atoms with Crippen molar-refractivity contribution in [3.63, 3.8) is 0 Å². The quantitative estimate of drug-likeness (QED) is 0.458. The third kappa shape index (κ3) is 3.13. The second-order valence-corrected chi connectivity index (χ2v) is 11.1. The highest BCUT2D eigenvalue weighted by atomic mass is 16.1. The maximum absolute atomic E-state index is 13.6. The van der Waals surface area contributed by atoms with E-state index in [1.54, 1.807) is 12.1 Å². The van der Waals surface area contributed by atoms with Gasteiger partial charge in [-0.15, -0.1) is 0 Å². The standard InChI is InChI=1S/C26H32O2/c1-24(2,3)18-14-17-19(21(26(7,8)9)20(18)25(4,5)6)23(28)16-13-11-10-12-15(16)22(17)27/h10-14H,1-9H3. The van der Waals surface area contributed by atoms with Crippen molar-refractivity contribution in [1.29, 1.82) is 0 Å². The Hall–Kier alpha value is -2.22. The summed E-state index contributed by atoms with van der Waals surface area (Å²) in [7, 11) is 0. The molecule has 0 atom stereocenters. The Morgan fingerprint density at radius 3 is 1.46 bits per heavy atom. The minimum absolute atomic E-state index is 0.0268. The van der Waals surface area contributed by atoms with Crippen molar-refractivity contribution in [3.8, 4) is 0 Å². The average Bonchev–Trinajstić information content (AvgIpc) is 2.55. The van der Waals surface area contributed by atoms with Crippen LogP contribution in [0.5, 0.6) is 0 Å². The first-order valence-corrected chi connectivity index (χ1v) is 10.1. The lowest BCUT2D eigenvalue weighted by Crippen LogP contribution is -2.34. The van der Waals surface area contributed by atoms with Crippen LogP contribution in [0.2, 0.25) is 0 Å². The Morgan fingerprint density at radius 2 is 1.04 bits per heavy atom. The SMILES string of the molecule is CC(C)(C)c1cc2c(c(C(C)(C)C)c1C(C)(C)C)C(=O)c1ccccc1C2=O. The van der Waals surface area contributed by atoms with Crippen LogP contribution in [0.3, 0.4) is 0 Å². The van der Waals surface area contributed by atoms with Gasteiger partial charge in [0, 0.05) is 22.3 Å². The lowest BCUT2D eigenvalue weighted by molar-refractivity contribution is 0.0977. The molecule has 0 bridgehead atoms. The van der Waals surface area contributed by atoms with Crippen molar-refractivity contribution in [2.75, 3.05) is 0 Å². The number of ketones is 2. The van der Waals surface area contributed by atoms with E-state index in [4.69, 9.17) is 0 Å². The van der Waals surface area contributed by atoms with Gasteiger partial charge in [-0.05, 0) is 39.0 Å². The Kier molecular flexibility index (Phi) is 4.50. The molecule has 2 aromatic rings. The van der Waals surface area contributed by atoms with Crippen LogP contribution in [0.25, 0.3) is 0 Å². The number of benzene rings is 2. The third-order valence-electron chi connectivity index (χ3n) is 5.52. The van der Waals surface area contributed by atoms with Crippen LogP contribution in [-0.4, -0.2) is 11.6 Å². The van der Waals surface area contributed by atoms with Crippen molar-refractivity contribution in [1.82, 2.24) is 0 Å². The van der Waals surface area contributed by atoms with E-state index >= 15 is 0 Å². The number of fused-ring (bicyclic) bond motifs is 2. The van der Waals surface area contributed by atoms with Gasteiger partial charge in [0.2, 0.25) is 0 Å². The van der Waals surface area contributed by atoms with Gasteiger partial charge in [0.1, 0.15) is 0 Å². The molecule has 0 N–H and O–H groups in total. The molecule has 0 spiro atoms. The largest absolute Gasteiger partial charge is 0.289 e. The van der Waals surface area contributed by atoms with E-state index in [-0.39, 0.29) is 27.8 Å². The molecule has 0 radical (unpaired) electrons. The van der Waals surface area contributed by atoms with Gasteiger partial charge in [0.15, 0.2) is 11.6 Å². The van der Waals surface area contributed by atoms with Crippen LogP contribution < -0.4 is 0 Å². The molecule has 0 aliphatic heterocycles. The number of carbonyl (C=O) groups is 2. The molecule has 0 saturated heterocycles. The summed E-state index contributed by atoms with van der Waals surface area (Å²) in [6.07, 6.45) is 0. The van der Waals surface area contributed by atoms with E-state index < -0.39 is 0 Å². The van der Waals surface area contributed by atoms with Crippen LogP contribution in [0.1, 0.15) is 111 Å². The zero-order valence-electron chi connectivity index (χ0n) is 18.7. The van der Waals surface area contributed by atoms with Crippen LogP contribution >= 0.6 is 0 Å². The van der Waals surface area contributed by atoms with E-state index in [2.05, 4.69) is 62.3 Å².